The summed E-state index contributed by atoms with van der Waals surface area (Å²) in [6, 6.07) is 5.42. The molecule has 1 amide bonds. The van der Waals surface area contributed by atoms with Crippen LogP contribution in [0.15, 0.2) is 36.8 Å². The summed E-state index contributed by atoms with van der Waals surface area (Å²) in [5.41, 5.74) is 3.75. The van der Waals surface area contributed by atoms with E-state index in [4.69, 9.17) is 0 Å². The van der Waals surface area contributed by atoms with Crippen molar-refractivity contribution in [2.24, 2.45) is 0 Å². The maximum absolute atomic E-state index is 12.3. The molecule has 1 N–H and O–H groups in total. The van der Waals surface area contributed by atoms with Crippen LogP contribution in [0.3, 0.4) is 0 Å². The molecule has 0 saturated carbocycles. The number of nitrogens with one attached hydrogen (secondary N) is 1. The van der Waals surface area contributed by atoms with Gasteiger partial charge in [0.15, 0.2) is 0 Å². The average Bonchev–Trinajstić information content (AvgIpc) is 3.07. The summed E-state index contributed by atoms with van der Waals surface area (Å²) in [4.78, 5) is 23.5. The van der Waals surface area contributed by atoms with Crippen molar-refractivity contribution in [3.63, 3.8) is 0 Å². The molecule has 1 aliphatic heterocycles. The Kier molecular flexibility index (Phi) is 3.70. The number of carbonyl (C=O) groups excluding carboxylic acids is 1. The highest BCUT2D eigenvalue weighted by atomic mass is 16.1. The van der Waals surface area contributed by atoms with E-state index in [9.17, 15) is 4.79 Å². The van der Waals surface area contributed by atoms with Gasteiger partial charge in [0.05, 0.1) is 12.1 Å². The summed E-state index contributed by atoms with van der Waals surface area (Å²) in [7, 11) is 2.09. The molecule has 7 heteroatoms. The fraction of sp³-hybridized carbons (Fsp3) is 0.294. The van der Waals surface area contributed by atoms with Crippen LogP contribution in [0.25, 0.3) is 5.52 Å². The summed E-state index contributed by atoms with van der Waals surface area (Å²) in [6.45, 7) is 2.21. The first-order valence-electron chi connectivity index (χ1n) is 7.93. The molecule has 7 nitrogen and oxygen atoms in total. The van der Waals surface area contributed by atoms with Crippen LogP contribution < -0.4 is 5.32 Å². The van der Waals surface area contributed by atoms with Gasteiger partial charge in [0.2, 0.25) is 0 Å². The topological polar surface area (TPSA) is 75.4 Å². The third kappa shape index (κ3) is 2.85. The van der Waals surface area contributed by atoms with E-state index in [1.165, 1.54) is 5.56 Å². The highest BCUT2D eigenvalue weighted by molar-refractivity contribution is 5.95. The minimum atomic E-state index is -0.139. The largest absolute Gasteiger partial charge is 0.345 e. The number of nitrogens with zero attached hydrogens (tertiary/aromatic N) is 5. The molecule has 0 radical (unpaired) electrons. The van der Waals surface area contributed by atoms with Crippen molar-refractivity contribution >= 4 is 11.4 Å². The Bertz CT molecular complexity index is 903. The second-order valence-corrected chi connectivity index (χ2v) is 6.04. The van der Waals surface area contributed by atoms with Crippen molar-refractivity contribution in [1.29, 1.82) is 0 Å². The van der Waals surface area contributed by atoms with E-state index < -0.39 is 0 Å². The zero-order chi connectivity index (χ0) is 16.5. The lowest BCUT2D eigenvalue weighted by Gasteiger charge is -2.23. The number of amides is 1. The first-order chi connectivity index (χ1) is 11.7. The number of carbonyl (C=O) groups is 1. The van der Waals surface area contributed by atoms with Gasteiger partial charge in [0.25, 0.3) is 5.91 Å². The molecule has 0 atom stereocenters. The number of likely N-dealkylation sites (N-methyl/N-ethyl adjacent to an activating group) is 1. The van der Waals surface area contributed by atoms with Gasteiger partial charge < -0.3 is 10.2 Å². The van der Waals surface area contributed by atoms with Crippen molar-refractivity contribution in [2.45, 2.75) is 19.5 Å². The number of pyridine rings is 1. The van der Waals surface area contributed by atoms with Crippen molar-refractivity contribution in [3.8, 4) is 0 Å². The van der Waals surface area contributed by atoms with Crippen molar-refractivity contribution in [3.05, 3.63) is 59.4 Å². The standard InChI is InChI=1S/C17H18N6O/c1-22-6-4-15-13(11-22)9-18-16(21-15)10-19-17(24)12-3-7-23-14(8-12)2-5-20-23/h2-3,5,7-9H,4,6,10-11H2,1H3,(H,19,24). The van der Waals surface area contributed by atoms with Gasteiger partial charge in [-0.25, -0.2) is 14.5 Å². The molecule has 122 valence electrons. The predicted molar refractivity (Wildman–Crippen MR) is 88.4 cm³/mol. The first kappa shape index (κ1) is 14.8. The van der Waals surface area contributed by atoms with Gasteiger partial charge in [-0.3, -0.25) is 4.79 Å². The normalized spacial score (nSPS) is 14.5. The quantitative estimate of drug-likeness (QED) is 0.780. The van der Waals surface area contributed by atoms with Crippen molar-refractivity contribution in [1.82, 2.24) is 29.8 Å². The Morgan fingerprint density at radius 3 is 3.21 bits per heavy atom. The molecular formula is C17H18N6O. The molecule has 24 heavy (non-hydrogen) atoms. The van der Waals surface area contributed by atoms with Gasteiger partial charge in [-0.15, -0.1) is 0 Å². The van der Waals surface area contributed by atoms with E-state index in [1.54, 1.807) is 23.0 Å². The van der Waals surface area contributed by atoms with Crippen LogP contribution in [0.5, 0.6) is 0 Å². The second-order valence-electron chi connectivity index (χ2n) is 6.04. The Labute approximate surface area is 139 Å². The van der Waals surface area contributed by atoms with Crippen LogP contribution in [0, 0.1) is 0 Å². The van der Waals surface area contributed by atoms with Crippen LogP contribution in [0.1, 0.15) is 27.4 Å². The number of fused-ring (bicyclic) bond motifs is 2. The molecule has 3 aromatic heterocycles. The lowest BCUT2D eigenvalue weighted by molar-refractivity contribution is 0.0950. The Balaban J connectivity index is 1.45. The van der Waals surface area contributed by atoms with Gasteiger partial charge in [0, 0.05) is 54.9 Å². The number of hydrogen-bond acceptors (Lipinski definition) is 5. The highest BCUT2D eigenvalue weighted by Crippen LogP contribution is 2.15. The smallest absolute Gasteiger partial charge is 0.251 e. The molecule has 4 rings (SSSR count). The summed E-state index contributed by atoms with van der Waals surface area (Å²) in [5, 5.41) is 7.00. The average molecular weight is 322 g/mol. The molecule has 1 aliphatic rings. The molecule has 0 aliphatic carbocycles. The van der Waals surface area contributed by atoms with Gasteiger partial charge >= 0.3 is 0 Å². The second kappa shape index (κ2) is 6.01. The molecule has 0 unspecified atom stereocenters. The maximum Gasteiger partial charge on any atom is 0.251 e. The van der Waals surface area contributed by atoms with Crippen LogP contribution in [-0.2, 0) is 19.5 Å². The maximum atomic E-state index is 12.3. The molecular weight excluding hydrogens is 304 g/mol. The summed E-state index contributed by atoms with van der Waals surface area (Å²) in [5.74, 6) is 0.511. The summed E-state index contributed by atoms with van der Waals surface area (Å²) >= 11 is 0. The van der Waals surface area contributed by atoms with Crippen molar-refractivity contribution < 1.29 is 4.79 Å². The SMILES string of the molecule is CN1CCc2nc(CNC(=O)c3ccn4nccc4c3)ncc2C1. The van der Waals surface area contributed by atoms with Crippen LogP contribution in [0.4, 0.5) is 0 Å². The van der Waals surface area contributed by atoms with E-state index in [-0.39, 0.29) is 5.91 Å². The lowest BCUT2D eigenvalue weighted by Crippen LogP contribution is -2.29. The van der Waals surface area contributed by atoms with E-state index >= 15 is 0 Å². The zero-order valence-corrected chi connectivity index (χ0v) is 13.4. The van der Waals surface area contributed by atoms with Gasteiger partial charge in [-0.05, 0) is 25.2 Å². The minimum absolute atomic E-state index is 0.139. The van der Waals surface area contributed by atoms with Crippen LogP contribution in [0.2, 0.25) is 0 Å². The molecule has 4 heterocycles. The van der Waals surface area contributed by atoms with Gasteiger partial charge in [0.1, 0.15) is 5.82 Å². The molecule has 0 aromatic carbocycles. The van der Waals surface area contributed by atoms with E-state index in [0.29, 0.717) is 17.9 Å². The Morgan fingerprint density at radius 2 is 2.29 bits per heavy atom. The number of hydrogen-bond donors (Lipinski definition) is 1. The van der Waals surface area contributed by atoms with Gasteiger partial charge in [-0.1, -0.05) is 0 Å². The van der Waals surface area contributed by atoms with Crippen molar-refractivity contribution in [2.75, 3.05) is 13.6 Å². The molecule has 3 aromatic rings. The molecule has 0 bridgehead atoms. The third-order valence-corrected chi connectivity index (χ3v) is 4.24. The monoisotopic (exact) mass is 322 g/mol. The number of aromatic nitrogens is 4. The molecule has 0 spiro atoms. The predicted octanol–water partition coefficient (Wildman–Crippen LogP) is 1.04. The highest BCUT2D eigenvalue weighted by Gasteiger charge is 2.16. The van der Waals surface area contributed by atoms with Gasteiger partial charge in [-0.2, -0.15) is 5.10 Å². The zero-order valence-electron chi connectivity index (χ0n) is 13.4. The van der Waals surface area contributed by atoms with E-state index in [1.807, 2.05) is 18.3 Å². The van der Waals surface area contributed by atoms with Crippen LogP contribution in [-0.4, -0.2) is 44.0 Å². The Hall–Kier alpha value is -2.80. The molecule has 0 saturated heterocycles. The van der Waals surface area contributed by atoms with Crippen LogP contribution >= 0.6 is 0 Å². The minimum Gasteiger partial charge on any atom is -0.345 e. The fourth-order valence-corrected chi connectivity index (χ4v) is 2.91. The Morgan fingerprint density at radius 1 is 1.38 bits per heavy atom. The van der Waals surface area contributed by atoms with E-state index in [0.717, 1.165) is 30.7 Å². The first-order valence-corrected chi connectivity index (χ1v) is 7.93. The number of rotatable bonds is 3. The fourth-order valence-electron chi connectivity index (χ4n) is 2.91. The van der Waals surface area contributed by atoms with E-state index in [2.05, 4.69) is 32.3 Å². The summed E-state index contributed by atoms with van der Waals surface area (Å²) < 4.78 is 1.72. The molecule has 0 fully saturated rings. The lowest BCUT2D eigenvalue weighted by atomic mass is 10.1. The summed E-state index contributed by atoms with van der Waals surface area (Å²) in [6.07, 6.45) is 6.27. The third-order valence-electron chi connectivity index (χ3n) is 4.24.